The summed E-state index contributed by atoms with van der Waals surface area (Å²) in [5.74, 6) is 0. The van der Waals surface area contributed by atoms with Gasteiger partial charge in [0.15, 0.2) is 0 Å². The van der Waals surface area contributed by atoms with Crippen LogP contribution in [0.2, 0.25) is 0 Å². The van der Waals surface area contributed by atoms with E-state index in [4.69, 9.17) is 0 Å². The maximum Gasteiger partial charge on any atom is -0.0291 e. The number of allylic oxidation sites excluding steroid dienone is 4. The Labute approximate surface area is 64.0 Å². The Bertz CT molecular complexity index is 149. The van der Waals surface area contributed by atoms with Crippen molar-refractivity contribution in [2.75, 3.05) is 0 Å². The van der Waals surface area contributed by atoms with E-state index in [0.29, 0.717) is 0 Å². The highest BCUT2D eigenvalue weighted by Crippen LogP contribution is 2.02. The van der Waals surface area contributed by atoms with Gasteiger partial charge in [0.1, 0.15) is 0 Å². The summed E-state index contributed by atoms with van der Waals surface area (Å²) in [6, 6.07) is 0. The minimum absolute atomic E-state index is 1.09. The molecule has 0 heterocycles. The van der Waals surface area contributed by atoms with Crippen LogP contribution >= 0.6 is 0 Å². The van der Waals surface area contributed by atoms with Crippen LogP contribution in [0.5, 0.6) is 0 Å². The quantitative estimate of drug-likeness (QED) is 0.410. The predicted molar refractivity (Wildman–Crippen MR) is 48.0 cm³/mol. The fraction of sp³-hybridized carbons (Fsp3) is 0.400. The highest BCUT2D eigenvalue weighted by atomic mass is 13.9. The summed E-state index contributed by atoms with van der Waals surface area (Å²) in [6.07, 6.45) is 6.35. The molecule has 0 saturated heterocycles. The van der Waals surface area contributed by atoms with Crippen LogP contribution in [0.3, 0.4) is 0 Å². The zero-order valence-corrected chi connectivity index (χ0v) is 6.98. The largest absolute Gasteiger partial charge is 0.100 e. The number of rotatable bonds is 4. The van der Waals surface area contributed by atoms with Gasteiger partial charge in [0, 0.05) is 0 Å². The van der Waals surface area contributed by atoms with Gasteiger partial charge >= 0.3 is 0 Å². The molecule has 0 saturated carbocycles. The first kappa shape index (κ1) is 9.22. The molecular weight excluding hydrogens is 120 g/mol. The lowest BCUT2D eigenvalue weighted by Crippen LogP contribution is -1.71. The Kier molecular flexibility index (Phi) is 4.65. The third-order valence-corrected chi connectivity index (χ3v) is 1.14. The van der Waals surface area contributed by atoms with Gasteiger partial charge < -0.3 is 0 Å². The fourth-order valence-corrected chi connectivity index (χ4v) is 0.614. The van der Waals surface area contributed by atoms with Gasteiger partial charge in [0.05, 0.1) is 0 Å². The first-order valence-electron chi connectivity index (χ1n) is 3.59. The van der Waals surface area contributed by atoms with Crippen molar-refractivity contribution >= 4 is 0 Å². The van der Waals surface area contributed by atoms with Crippen molar-refractivity contribution in [1.29, 1.82) is 0 Å². The summed E-state index contributed by atoms with van der Waals surface area (Å²) in [5.41, 5.74) is 2.35. The normalized spacial score (nSPS) is 10.2. The van der Waals surface area contributed by atoms with Gasteiger partial charge in [-0.25, -0.2) is 0 Å². The molecule has 0 aromatic carbocycles. The lowest BCUT2D eigenvalue weighted by atomic mass is 10.2. The van der Waals surface area contributed by atoms with E-state index in [1.54, 1.807) is 0 Å². The predicted octanol–water partition coefficient (Wildman–Crippen LogP) is 3.48. The van der Waals surface area contributed by atoms with Gasteiger partial charge in [-0.05, 0) is 26.7 Å². The Hall–Kier alpha value is -0.780. The van der Waals surface area contributed by atoms with Crippen LogP contribution < -0.4 is 0 Å². The monoisotopic (exact) mass is 136 g/mol. The standard InChI is InChI=1S/C10H16/c1-9(2)7-5-6-8-10(3)4/h5,7H,1,3,6,8H2,2,4H3/b7-5+. The molecule has 0 radical (unpaired) electrons. The van der Waals surface area contributed by atoms with Gasteiger partial charge in [-0.1, -0.05) is 29.9 Å². The molecule has 56 valence electrons. The molecule has 0 aromatic heterocycles. The molecule has 0 aromatic rings. The van der Waals surface area contributed by atoms with Crippen LogP contribution in [-0.4, -0.2) is 0 Å². The molecule has 0 aliphatic carbocycles. The molecular formula is C10H16. The lowest BCUT2D eigenvalue weighted by molar-refractivity contribution is 0.983. The van der Waals surface area contributed by atoms with Crippen molar-refractivity contribution in [1.82, 2.24) is 0 Å². The van der Waals surface area contributed by atoms with E-state index in [1.807, 2.05) is 13.0 Å². The van der Waals surface area contributed by atoms with Crippen LogP contribution in [0.4, 0.5) is 0 Å². The maximum atomic E-state index is 3.82. The Balaban J connectivity index is 3.36. The van der Waals surface area contributed by atoms with Crippen LogP contribution in [-0.2, 0) is 0 Å². The molecule has 0 unspecified atom stereocenters. The van der Waals surface area contributed by atoms with Crippen molar-refractivity contribution in [2.45, 2.75) is 26.7 Å². The van der Waals surface area contributed by atoms with Gasteiger partial charge in [0.2, 0.25) is 0 Å². The second-order valence-corrected chi connectivity index (χ2v) is 2.74. The third kappa shape index (κ3) is 7.22. The Morgan fingerprint density at radius 3 is 2.30 bits per heavy atom. The lowest BCUT2D eigenvalue weighted by Gasteiger charge is -1.91. The van der Waals surface area contributed by atoms with Crippen molar-refractivity contribution in [3.63, 3.8) is 0 Å². The summed E-state index contributed by atoms with van der Waals surface area (Å²) in [7, 11) is 0. The number of hydrogen-bond donors (Lipinski definition) is 0. The van der Waals surface area contributed by atoms with Crippen LogP contribution in [0.15, 0.2) is 36.5 Å². The minimum atomic E-state index is 1.09. The maximum absolute atomic E-state index is 3.82. The van der Waals surface area contributed by atoms with E-state index in [0.717, 1.165) is 18.4 Å². The van der Waals surface area contributed by atoms with E-state index in [9.17, 15) is 0 Å². The molecule has 0 heteroatoms. The number of hydrogen-bond acceptors (Lipinski definition) is 0. The van der Waals surface area contributed by atoms with Crippen molar-refractivity contribution < 1.29 is 0 Å². The molecule has 0 atom stereocenters. The molecule has 0 aliphatic rings. The van der Waals surface area contributed by atoms with E-state index in [-0.39, 0.29) is 0 Å². The Morgan fingerprint density at radius 1 is 1.30 bits per heavy atom. The average Bonchev–Trinajstić information content (AvgIpc) is 1.79. The minimum Gasteiger partial charge on any atom is -0.100 e. The van der Waals surface area contributed by atoms with E-state index >= 15 is 0 Å². The molecule has 0 rings (SSSR count). The first-order valence-corrected chi connectivity index (χ1v) is 3.59. The molecule has 0 nitrogen and oxygen atoms in total. The molecule has 0 amide bonds. The average molecular weight is 136 g/mol. The Morgan fingerprint density at radius 2 is 1.90 bits per heavy atom. The fourth-order valence-electron chi connectivity index (χ4n) is 0.614. The smallest absolute Gasteiger partial charge is 0.0291 e. The zero-order valence-electron chi connectivity index (χ0n) is 6.98. The summed E-state index contributed by atoms with van der Waals surface area (Å²) in [4.78, 5) is 0. The van der Waals surface area contributed by atoms with Gasteiger partial charge in [-0.2, -0.15) is 0 Å². The van der Waals surface area contributed by atoms with E-state index < -0.39 is 0 Å². The molecule has 0 bridgehead atoms. The molecule has 0 spiro atoms. The second kappa shape index (κ2) is 5.04. The van der Waals surface area contributed by atoms with Crippen LogP contribution in [0.1, 0.15) is 26.7 Å². The van der Waals surface area contributed by atoms with Crippen molar-refractivity contribution in [3.8, 4) is 0 Å². The third-order valence-electron chi connectivity index (χ3n) is 1.14. The van der Waals surface area contributed by atoms with Crippen molar-refractivity contribution in [2.24, 2.45) is 0 Å². The summed E-state index contributed by atoms with van der Waals surface area (Å²) in [5, 5.41) is 0. The van der Waals surface area contributed by atoms with Crippen molar-refractivity contribution in [3.05, 3.63) is 36.5 Å². The molecule has 0 fully saturated rings. The zero-order chi connectivity index (χ0) is 7.98. The van der Waals surface area contributed by atoms with Crippen LogP contribution in [0, 0.1) is 0 Å². The highest BCUT2D eigenvalue weighted by Gasteiger charge is 1.81. The van der Waals surface area contributed by atoms with Crippen LogP contribution in [0.25, 0.3) is 0 Å². The van der Waals surface area contributed by atoms with E-state index in [1.165, 1.54) is 5.57 Å². The molecule has 0 N–H and O–H groups in total. The van der Waals surface area contributed by atoms with Gasteiger partial charge in [0.25, 0.3) is 0 Å². The van der Waals surface area contributed by atoms with Gasteiger partial charge in [-0.15, -0.1) is 6.58 Å². The second-order valence-electron chi connectivity index (χ2n) is 2.74. The molecule has 0 aliphatic heterocycles. The topological polar surface area (TPSA) is 0 Å². The summed E-state index contributed by atoms with van der Waals surface area (Å²) >= 11 is 0. The summed E-state index contributed by atoms with van der Waals surface area (Å²) in [6.45, 7) is 11.6. The summed E-state index contributed by atoms with van der Waals surface area (Å²) < 4.78 is 0. The highest BCUT2D eigenvalue weighted by molar-refractivity contribution is 5.11. The first-order chi connectivity index (χ1) is 4.63. The van der Waals surface area contributed by atoms with E-state index in [2.05, 4.69) is 26.2 Å². The SMILES string of the molecule is C=C(C)/C=C/CCC(=C)C. The molecule has 10 heavy (non-hydrogen) atoms. The van der Waals surface area contributed by atoms with Gasteiger partial charge in [-0.3, -0.25) is 0 Å².